The molecule has 0 bridgehead atoms. The van der Waals surface area contributed by atoms with Gasteiger partial charge in [-0.1, -0.05) is 19.1 Å². The fraction of sp³-hybridized carbons (Fsp3) is 0.364. The molecule has 2 N–H and O–H groups in total. The van der Waals surface area contributed by atoms with Crippen molar-refractivity contribution in [3.8, 4) is 0 Å². The number of aryl methyl sites for hydroxylation is 1. The molecule has 0 fully saturated rings. The van der Waals surface area contributed by atoms with Crippen LogP contribution in [0.3, 0.4) is 0 Å². The van der Waals surface area contributed by atoms with Crippen LogP contribution in [0.15, 0.2) is 31.0 Å². The maximum atomic E-state index is 5.95. The standard InChI is InChI=1S/C11H16N2/c1-3-6-10(12)11-9(4-2)7-5-8-13-11/h3,5,7-8,10H,1,4,6,12H2,2H3/t10-/m1/s1. The summed E-state index contributed by atoms with van der Waals surface area (Å²) in [6.07, 6.45) is 5.38. The van der Waals surface area contributed by atoms with E-state index in [1.807, 2.05) is 12.1 Å². The number of hydrogen-bond acceptors (Lipinski definition) is 2. The van der Waals surface area contributed by atoms with Gasteiger partial charge in [0.15, 0.2) is 0 Å². The molecule has 0 aliphatic carbocycles. The Balaban J connectivity index is 2.91. The Morgan fingerprint density at radius 2 is 2.46 bits per heavy atom. The van der Waals surface area contributed by atoms with Crippen molar-refractivity contribution in [3.63, 3.8) is 0 Å². The van der Waals surface area contributed by atoms with Crippen molar-refractivity contribution in [3.05, 3.63) is 42.2 Å². The highest BCUT2D eigenvalue weighted by atomic mass is 14.8. The van der Waals surface area contributed by atoms with E-state index in [2.05, 4.69) is 24.6 Å². The summed E-state index contributed by atoms with van der Waals surface area (Å²) in [5.41, 5.74) is 8.19. The molecule has 1 heterocycles. The Bertz CT molecular complexity index is 281. The third-order valence-electron chi connectivity index (χ3n) is 2.08. The molecule has 1 aromatic heterocycles. The molecule has 0 aromatic carbocycles. The van der Waals surface area contributed by atoms with E-state index in [0.717, 1.165) is 18.5 Å². The molecule has 0 amide bonds. The molecule has 1 atom stereocenters. The smallest absolute Gasteiger partial charge is 0.0605 e. The van der Waals surface area contributed by atoms with Crippen molar-refractivity contribution in [1.82, 2.24) is 4.98 Å². The summed E-state index contributed by atoms with van der Waals surface area (Å²) in [6, 6.07) is 4.02. The summed E-state index contributed by atoms with van der Waals surface area (Å²) in [6.45, 7) is 5.79. The molecule has 0 saturated heterocycles. The second-order valence-electron chi connectivity index (χ2n) is 3.03. The summed E-state index contributed by atoms with van der Waals surface area (Å²) in [5, 5.41) is 0. The van der Waals surface area contributed by atoms with Gasteiger partial charge in [-0.15, -0.1) is 6.58 Å². The van der Waals surface area contributed by atoms with Crippen LogP contribution in [0.5, 0.6) is 0 Å². The van der Waals surface area contributed by atoms with Crippen molar-refractivity contribution in [2.24, 2.45) is 5.73 Å². The largest absolute Gasteiger partial charge is 0.322 e. The van der Waals surface area contributed by atoms with E-state index in [-0.39, 0.29) is 6.04 Å². The number of nitrogens with two attached hydrogens (primary N) is 1. The summed E-state index contributed by atoms with van der Waals surface area (Å²) >= 11 is 0. The monoisotopic (exact) mass is 176 g/mol. The van der Waals surface area contributed by atoms with Gasteiger partial charge in [-0.2, -0.15) is 0 Å². The molecule has 1 aromatic rings. The van der Waals surface area contributed by atoms with Gasteiger partial charge in [-0.3, -0.25) is 4.98 Å². The molecular formula is C11H16N2. The van der Waals surface area contributed by atoms with Gasteiger partial charge in [0.25, 0.3) is 0 Å². The lowest BCUT2D eigenvalue weighted by atomic mass is 10.0. The topological polar surface area (TPSA) is 38.9 Å². The highest BCUT2D eigenvalue weighted by molar-refractivity contribution is 5.22. The second kappa shape index (κ2) is 4.77. The van der Waals surface area contributed by atoms with Gasteiger partial charge >= 0.3 is 0 Å². The SMILES string of the molecule is C=CC[C@@H](N)c1ncccc1CC. The van der Waals surface area contributed by atoms with Gasteiger partial charge in [0.2, 0.25) is 0 Å². The van der Waals surface area contributed by atoms with E-state index in [1.54, 1.807) is 6.20 Å². The van der Waals surface area contributed by atoms with Gasteiger partial charge in [-0.05, 0) is 24.5 Å². The minimum absolute atomic E-state index is 0.00588. The van der Waals surface area contributed by atoms with E-state index in [9.17, 15) is 0 Å². The lowest BCUT2D eigenvalue weighted by Crippen LogP contribution is -2.13. The number of pyridine rings is 1. The van der Waals surface area contributed by atoms with Crippen LogP contribution in [0.2, 0.25) is 0 Å². The van der Waals surface area contributed by atoms with E-state index in [4.69, 9.17) is 5.73 Å². The first-order valence-corrected chi connectivity index (χ1v) is 4.59. The highest BCUT2D eigenvalue weighted by Gasteiger charge is 2.08. The molecule has 1 rings (SSSR count). The summed E-state index contributed by atoms with van der Waals surface area (Å²) in [7, 11) is 0. The van der Waals surface area contributed by atoms with Crippen LogP contribution in [0, 0.1) is 0 Å². The molecule has 0 radical (unpaired) electrons. The number of hydrogen-bond donors (Lipinski definition) is 1. The van der Waals surface area contributed by atoms with Gasteiger partial charge in [-0.25, -0.2) is 0 Å². The third kappa shape index (κ3) is 2.39. The minimum Gasteiger partial charge on any atom is -0.322 e. The first kappa shape index (κ1) is 9.93. The van der Waals surface area contributed by atoms with Gasteiger partial charge < -0.3 is 5.73 Å². The number of nitrogens with zero attached hydrogens (tertiary/aromatic N) is 1. The molecular weight excluding hydrogens is 160 g/mol. The maximum Gasteiger partial charge on any atom is 0.0605 e. The Hall–Kier alpha value is -1.15. The molecule has 13 heavy (non-hydrogen) atoms. The van der Waals surface area contributed by atoms with Crippen molar-refractivity contribution in [2.75, 3.05) is 0 Å². The van der Waals surface area contributed by atoms with E-state index < -0.39 is 0 Å². The van der Waals surface area contributed by atoms with Crippen LogP contribution in [0.25, 0.3) is 0 Å². The molecule has 0 saturated carbocycles. The Kier molecular flexibility index (Phi) is 3.65. The lowest BCUT2D eigenvalue weighted by Gasteiger charge is -2.12. The normalized spacial score (nSPS) is 12.5. The molecule has 0 unspecified atom stereocenters. The van der Waals surface area contributed by atoms with Crippen LogP contribution in [-0.2, 0) is 6.42 Å². The summed E-state index contributed by atoms with van der Waals surface area (Å²) in [5.74, 6) is 0. The highest BCUT2D eigenvalue weighted by Crippen LogP contribution is 2.16. The van der Waals surface area contributed by atoms with E-state index in [1.165, 1.54) is 5.56 Å². The van der Waals surface area contributed by atoms with Crippen molar-refractivity contribution >= 4 is 0 Å². The molecule has 0 aliphatic heterocycles. The average Bonchev–Trinajstić information content (AvgIpc) is 2.18. The number of rotatable bonds is 4. The maximum absolute atomic E-state index is 5.95. The van der Waals surface area contributed by atoms with Gasteiger partial charge in [0, 0.05) is 6.20 Å². The van der Waals surface area contributed by atoms with Gasteiger partial charge in [0.05, 0.1) is 11.7 Å². The van der Waals surface area contributed by atoms with Crippen LogP contribution < -0.4 is 5.73 Å². The molecule has 0 spiro atoms. The summed E-state index contributed by atoms with van der Waals surface area (Å²) in [4.78, 5) is 4.30. The van der Waals surface area contributed by atoms with Crippen LogP contribution >= 0.6 is 0 Å². The van der Waals surface area contributed by atoms with Crippen molar-refractivity contribution in [1.29, 1.82) is 0 Å². The predicted molar refractivity (Wildman–Crippen MR) is 55.4 cm³/mol. The lowest BCUT2D eigenvalue weighted by molar-refractivity contribution is 0.701. The van der Waals surface area contributed by atoms with Crippen LogP contribution in [0.1, 0.15) is 30.6 Å². The number of aromatic nitrogens is 1. The molecule has 2 nitrogen and oxygen atoms in total. The zero-order valence-electron chi connectivity index (χ0n) is 8.03. The quantitative estimate of drug-likeness (QED) is 0.714. The molecule has 0 aliphatic rings. The van der Waals surface area contributed by atoms with Crippen molar-refractivity contribution in [2.45, 2.75) is 25.8 Å². The summed E-state index contributed by atoms with van der Waals surface area (Å²) < 4.78 is 0. The molecule has 2 heteroatoms. The first-order chi connectivity index (χ1) is 6.29. The minimum atomic E-state index is -0.00588. The Morgan fingerprint density at radius 1 is 1.69 bits per heavy atom. The van der Waals surface area contributed by atoms with Crippen molar-refractivity contribution < 1.29 is 0 Å². The van der Waals surface area contributed by atoms with E-state index in [0.29, 0.717) is 0 Å². The fourth-order valence-electron chi connectivity index (χ4n) is 1.37. The first-order valence-electron chi connectivity index (χ1n) is 4.59. The fourth-order valence-corrected chi connectivity index (χ4v) is 1.37. The zero-order valence-corrected chi connectivity index (χ0v) is 8.03. The third-order valence-corrected chi connectivity index (χ3v) is 2.08. The predicted octanol–water partition coefficient (Wildman–Crippen LogP) is 2.22. The van der Waals surface area contributed by atoms with E-state index >= 15 is 0 Å². The second-order valence-corrected chi connectivity index (χ2v) is 3.03. The Labute approximate surface area is 79.5 Å². The van der Waals surface area contributed by atoms with Crippen LogP contribution in [0.4, 0.5) is 0 Å². The Morgan fingerprint density at radius 3 is 3.08 bits per heavy atom. The van der Waals surface area contributed by atoms with Crippen LogP contribution in [-0.4, -0.2) is 4.98 Å². The average molecular weight is 176 g/mol. The molecule has 70 valence electrons. The zero-order chi connectivity index (χ0) is 9.68. The van der Waals surface area contributed by atoms with Gasteiger partial charge in [0.1, 0.15) is 0 Å².